The Morgan fingerprint density at radius 3 is 3.03 bits per heavy atom. The summed E-state index contributed by atoms with van der Waals surface area (Å²) in [5.74, 6) is 1.51. The zero-order valence-electron chi connectivity index (χ0n) is 18.5. The Bertz CT molecular complexity index is 940. The van der Waals surface area contributed by atoms with Crippen LogP contribution in [0, 0.1) is 0 Å². The van der Waals surface area contributed by atoms with Gasteiger partial charge in [0.2, 0.25) is 11.8 Å². The highest BCUT2D eigenvalue weighted by Gasteiger charge is 2.19. The number of benzene rings is 1. The molecule has 5 heteroatoms. The van der Waals surface area contributed by atoms with Crippen LogP contribution in [0.25, 0.3) is 6.08 Å². The quantitative estimate of drug-likeness (QED) is 0.289. The SMILES string of the molecule is CC=CC=CC(=O)N1CCc2ccc(OCCc3coc(/C=C/CCCC)n3)cc2C1. The van der Waals surface area contributed by atoms with Gasteiger partial charge in [0.25, 0.3) is 0 Å². The lowest BCUT2D eigenvalue weighted by Gasteiger charge is -2.28. The molecule has 31 heavy (non-hydrogen) atoms. The van der Waals surface area contributed by atoms with Crippen LogP contribution in [0.2, 0.25) is 0 Å². The molecule has 1 amide bonds. The predicted octanol–water partition coefficient (Wildman–Crippen LogP) is 5.52. The van der Waals surface area contributed by atoms with Crippen LogP contribution in [0.5, 0.6) is 5.75 Å². The van der Waals surface area contributed by atoms with Gasteiger partial charge >= 0.3 is 0 Å². The van der Waals surface area contributed by atoms with E-state index in [-0.39, 0.29) is 5.91 Å². The van der Waals surface area contributed by atoms with Crippen LogP contribution in [-0.4, -0.2) is 28.9 Å². The monoisotopic (exact) mass is 420 g/mol. The summed E-state index contributed by atoms with van der Waals surface area (Å²) in [5, 5.41) is 0. The van der Waals surface area contributed by atoms with E-state index in [0.29, 0.717) is 25.5 Å². The van der Waals surface area contributed by atoms with Crippen LogP contribution in [0.3, 0.4) is 0 Å². The van der Waals surface area contributed by atoms with E-state index in [4.69, 9.17) is 9.15 Å². The first-order valence-corrected chi connectivity index (χ1v) is 11.1. The Morgan fingerprint density at radius 2 is 2.19 bits per heavy atom. The summed E-state index contributed by atoms with van der Waals surface area (Å²) in [6.45, 7) is 5.99. The summed E-state index contributed by atoms with van der Waals surface area (Å²) in [4.78, 5) is 18.7. The average molecular weight is 421 g/mol. The van der Waals surface area contributed by atoms with Crippen molar-refractivity contribution in [2.24, 2.45) is 0 Å². The molecule has 0 spiro atoms. The predicted molar refractivity (Wildman–Crippen MR) is 124 cm³/mol. The van der Waals surface area contributed by atoms with Gasteiger partial charge in [-0.2, -0.15) is 0 Å². The van der Waals surface area contributed by atoms with E-state index in [0.717, 1.165) is 36.4 Å². The molecule has 2 aromatic rings. The van der Waals surface area contributed by atoms with Crippen molar-refractivity contribution in [1.29, 1.82) is 0 Å². The number of amides is 1. The van der Waals surface area contributed by atoms with Gasteiger partial charge in [-0.1, -0.05) is 50.1 Å². The highest BCUT2D eigenvalue weighted by Crippen LogP contribution is 2.24. The summed E-state index contributed by atoms with van der Waals surface area (Å²) in [7, 11) is 0. The summed E-state index contributed by atoms with van der Waals surface area (Å²) >= 11 is 0. The number of aromatic nitrogens is 1. The average Bonchev–Trinajstić information content (AvgIpc) is 3.24. The lowest BCUT2D eigenvalue weighted by Crippen LogP contribution is -2.34. The third-order valence-corrected chi connectivity index (χ3v) is 5.23. The fraction of sp³-hybridized carbons (Fsp3) is 0.385. The Morgan fingerprint density at radius 1 is 1.29 bits per heavy atom. The highest BCUT2D eigenvalue weighted by atomic mass is 16.5. The van der Waals surface area contributed by atoms with Crippen LogP contribution < -0.4 is 4.74 Å². The fourth-order valence-electron chi connectivity index (χ4n) is 3.46. The number of nitrogens with zero attached hydrogens (tertiary/aromatic N) is 2. The molecular formula is C26H32N2O3. The number of fused-ring (bicyclic) bond motifs is 1. The molecule has 0 unspecified atom stereocenters. The van der Waals surface area contributed by atoms with Gasteiger partial charge in [0.15, 0.2) is 0 Å². The van der Waals surface area contributed by atoms with Gasteiger partial charge in [0.05, 0.1) is 12.3 Å². The minimum atomic E-state index is 0.0423. The van der Waals surface area contributed by atoms with Crippen molar-refractivity contribution >= 4 is 12.0 Å². The topological polar surface area (TPSA) is 55.6 Å². The van der Waals surface area contributed by atoms with Crippen molar-refractivity contribution in [3.63, 3.8) is 0 Å². The molecule has 0 aliphatic carbocycles. The van der Waals surface area contributed by atoms with Gasteiger partial charge in [0.1, 0.15) is 12.0 Å². The van der Waals surface area contributed by atoms with Crippen LogP contribution in [0.15, 0.2) is 59.3 Å². The number of carbonyl (C=O) groups is 1. The Balaban J connectivity index is 1.50. The van der Waals surface area contributed by atoms with Crippen LogP contribution in [0.1, 0.15) is 55.8 Å². The van der Waals surface area contributed by atoms with Gasteiger partial charge in [-0.3, -0.25) is 4.79 Å². The number of unbranched alkanes of at least 4 members (excludes halogenated alkanes) is 2. The number of oxazole rings is 1. The molecular weight excluding hydrogens is 388 g/mol. The standard InChI is InChI=1S/C26H32N2O3/c1-3-5-7-9-10-25-27-23(20-31-25)15-17-30-24-13-12-21-14-16-28(19-22(21)18-24)26(29)11-8-6-4-2/h4,6,8-13,18,20H,3,5,7,14-17,19H2,1-2H3/b6-4?,10-9+,11-8?. The zero-order chi connectivity index (χ0) is 21.9. The molecule has 0 N–H and O–H groups in total. The fourth-order valence-corrected chi connectivity index (χ4v) is 3.46. The molecule has 5 nitrogen and oxygen atoms in total. The molecule has 0 saturated heterocycles. The molecule has 0 bridgehead atoms. The molecule has 0 saturated carbocycles. The largest absolute Gasteiger partial charge is 0.493 e. The maximum absolute atomic E-state index is 12.4. The number of ether oxygens (including phenoxy) is 1. The molecule has 0 fully saturated rings. The lowest BCUT2D eigenvalue weighted by atomic mass is 9.99. The van der Waals surface area contributed by atoms with Gasteiger partial charge in [-0.15, -0.1) is 0 Å². The van der Waals surface area contributed by atoms with Crippen molar-refractivity contribution in [1.82, 2.24) is 9.88 Å². The lowest BCUT2D eigenvalue weighted by molar-refractivity contribution is -0.126. The Kier molecular flexibility index (Phi) is 8.71. The first kappa shape index (κ1) is 22.6. The minimum Gasteiger partial charge on any atom is -0.493 e. The van der Waals surface area contributed by atoms with Gasteiger partial charge in [-0.05, 0) is 49.1 Å². The van der Waals surface area contributed by atoms with Crippen LogP contribution in [-0.2, 0) is 24.2 Å². The number of hydrogen-bond donors (Lipinski definition) is 0. The normalized spacial score (nSPS) is 14.1. The summed E-state index contributed by atoms with van der Waals surface area (Å²) < 4.78 is 11.4. The highest BCUT2D eigenvalue weighted by molar-refractivity contribution is 5.88. The summed E-state index contributed by atoms with van der Waals surface area (Å²) in [6.07, 6.45) is 17.9. The van der Waals surface area contributed by atoms with E-state index >= 15 is 0 Å². The van der Waals surface area contributed by atoms with Crippen molar-refractivity contribution in [3.05, 3.63) is 77.6 Å². The number of allylic oxidation sites excluding steroid dienone is 4. The molecule has 1 aliphatic heterocycles. The molecule has 164 valence electrons. The van der Waals surface area contributed by atoms with Gasteiger partial charge in [0, 0.05) is 25.6 Å². The molecule has 1 aliphatic rings. The minimum absolute atomic E-state index is 0.0423. The third kappa shape index (κ3) is 6.99. The molecule has 1 aromatic carbocycles. The summed E-state index contributed by atoms with van der Waals surface area (Å²) in [6, 6.07) is 6.17. The van der Waals surface area contributed by atoms with Crippen molar-refractivity contribution < 1.29 is 13.9 Å². The Hall–Kier alpha value is -3.08. The van der Waals surface area contributed by atoms with Gasteiger partial charge < -0.3 is 14.1 Å². The maximum atomic E-state index is 12.4. The number of hydrogen-bond acceptors (Lipinski definition) is 4. The molecule has 0 radical (unpaired) electrons. The second-order valence-corrected chi connectivity index (χ2v) is 7.65. The third-order valence-electron chi connectivity index (χ3n) is 5.23. The smallest absolute Gasteiger partial charge is 0.246 e. The van der Waals surface area contributed by atoms with E-state index in [9.17, 15) is 4.79 Å². The zero-order valence-corrected chi connectivity index (χ0v) is 18.5. The van der Waals surface area contributed by atoms with Gasteiger partial charge in [-0.25, -0.2) is 4.98 Å². The van der Waals surface area contributed by atoms with E-state index in [1.807, 2.05) is 36.1 Å². The van der Waals surface area contributed by atoms with E-state index in [1.165, 1.54) is 18.4 Å². The van der Waals surface area contributed by atoms with E-state index in [2.05, 4.69) is 30.1 Å². The molecule has 1 aromatic heterocycles. The van der Waals surface area contributed by atoms with E-state index in [1.54, 1.807) is 18.4 Å². The number of rotatable bonds is 10. The molecule has 0 atom stereocenters. The van der Waals surface area contributed by atoms with Crippen molar-refractivity contribution in [3.8, 4) is 5.75 Å². The van der Waals surface area contributed by atoms with Crippen molar-refractivity contribution in [2.45, 2.75) is 52.5 Å². The maximum Gasteiger partial charge on any atom is 0.246 e. The van der Waals surface area contributed by atoms with Crippen LogP contribution in [0.4, 0.5) is 0 Å². The molecule has 3 rings (SSSR count). The Labute approximate surface area is 185 Å². The van der Waals surface area contributed by atoms with Crippen LogP contribution >= 0.6 is 0 Å². The van der Waals surface area contributed by atoms with Crippen molar-refractivity contribution in [2.75, 3.05) is 13.2 Å². The second-order valence-electron chi connectivity index (χ2n) is 7.65. The first-order valence-electron chi connectivity index (χ1n) is 11.1. The summed E-state index contributed by atoms with van der Waals surface area (Å²) in [5.41, 5.74) is 3.32. The van der Waals surface area contributed by atoms with E-state index < -0.39 is 0 Å². The molecule has 2 heterocycles. The second kappa shape index (κ2) is 11.9. The first-order chi connectivity index (χ1) is 15.2. The number of carbonyl (C=O) groups excluding carboxylic acids is 1.